The Hall–Kier alpha value is -1.58. The number of halogens is 1. The second kappa shape index (κ2) is 5.43. The fourth-order valence-corrected chi connectivity index (χ4v) is 2.51. The van der Waals surface area contributed by atoms with Gasteiger partial charge in [0.1, 0.15) is 5.82 Å². The van der Waals surface area contributed by atoms with Crippen molar-refractivity contribution in [3.05, 3.63) is 39.1 Å². The number of sulfonamides is 1. The van der Waals surface area contributed by atoms with Crippen molar-refractivity contribution in [3.63, 3.8) is 0 Å². The second-order valence-electron chi connectivity index (χ2n) is 4.24. The number of hydrogen-bond donors (Lipinski definition) is 2. The molecular formula is C11H12FN3O3S2. The summed E-state index contributed by atoms with van der Waals surface area (Å²) in [6.45, 7) is 0.0880. The second-order valence-corrected chi connectivity index (χ2v) is 6.46. The Kier molecular flexibility index (Phi) is 4.02. The third-order valence-corrected chi connectivity index (χ3v) is 3.69. The minimum Gasteiger partial charge on any atom is -0.332 e. The van der Waals surface area contributed by atoms with Crippen LogP contribution in [0.1, 0.15) is 0 Å². The quantitative estimate of drug-likeness (QED) is 0.815. The third-order valence-electron chi connectivity index (χ3n) is 2.64. The van der Waals surface area contributed by atoms with E-state index >= 15 is 0 Å². The standard InChI is InChI=1S/C11H12FN3O3S2/c1-20(17,18)13-4-5-15-10(16)8-6-7(12)2-3-9(8)14-11(15)19/h2-3,6,13H,4-5H2,1H3,(H,14,19). The zero-order chi connectivity index (χ0) is 14.9. The molecule has 2 N–H and O–H groups in total. The molecule has 1 aromatic carbocycles. The number of aromatic amines is 1. The molecule has 0 aliphatic carbocycles. The van der Waals surface area contributed by atoms with Gasteiger partial charge in [0.2, 0.25) is 10.0 Å². The van der Waals surface area contributed by atoms with Gasteiger partial charge in [-0.1, -0.05) is 0 Å². The summed E-state index contributed by atoms with van der Waals surface area (Å²) in [6.07, 6.45) is 1.02. The molecule has 0 aliphatic heterocycles. The van der Waals surface area contributed by atoms with Crippen molar-refractivity contribution in [2.24, 2.45) is 0 Å². The number of rotatable bonds is 4. The number of benzene rings is 1. The number of nitrogens with one attached hydrogen (secondary N) is 2. The highest BCUT2D eigenvalue weighted by Crippen LogP contribution is 2.09. The normalized spacial score (nSPS) is 11.9. The molecule has 0 atom stereocenters. The van der Waals surface area contributed by atoms with Crippen LogP contribution in [-0.2, 0) is 16.6 Å². The van der Waals surface area contributed by atoms with Gasteiger partial charge in [0, 0.05) is 13.1 Å². The lowest BCUT2D eigenvalue weighted by Crippen LogP contribution is -2.31. The Labute approximate surface area is 119 Å². The van der Waals surface area contributed by atoms with Crippen LogP contribution in [0.2, 0.25) is 0 Å². The Morgan fingerprint density at radius 1 is 1.45 bits per heavy atom. The van der Waals surface area contributed by atoms with Gasteiger partial charge in [0.25, 0.3) is 5.56 Å². The summed E-state index contributed by atoms with van der Waals surface area (Å²) >= 11 is 5.04. The van der Waals surface area contributed by atoms with E-state index in [2.05, 4.69) is 9.71 Å². The SMILES string of the molecule is CS(=O)(=O)NCCn1c(=S)[nH]c2ccc(F)cc2c1=O. The maximum atomic E-state index is 13.2. The van der Waals surface area contributed by atoms with Gasteiger partial charge in [-0.05, 0) is 30.4 Å². The smallest absolute Gasteiger partial charge is 0.262 e. The Balaban J connectivity index is 2.43. The fourth-order valence-electron chi connectivity index (χ4n) is 1.77. The Morgan fingerprint density at radius 2 is 2.15 bits per heavy atom. The van der Waals surface area contributed by atoms with Crippen LogP contribution in [0.25, 0.3) is 10.9 Å². The van der Waals surface area contributed by atoms with E-state index < -0.39 is 21.4 Å². The third kappa shape index (κ3) is 3.30. The highest BCUT2D eigenvalue weighted by molar-refractivity contribution is 7.88. The maximum Gasteiger partial charge on any atom is 0.262 e. The molecule has 0 saturated carbocycles. The summed E-state index contributed by atoms with van der Waals surface area (Å²) in [5, 5.41) is 0.165. The molecule has 0 unspecified atom stereocenters. The molecule has 1 aromatic heterocycles. The van der Waals surface area contributed by atoms with Crippen molar-refractivity contribution >= 4 is 33.1 Å². The maximum absolute atomic E-state index is 13.2. The lowest BCUT2D eigenvalue weighted by molar-refractivity contribution is 0.573. The minimum atomic E-state index is -3.34. The van der Waals surface area contributed by atoms with E-state index in [0.717, 1.165) is 12.3 Å². The zero-order valence-electron chi connectivity index (χ0n) is 10.5. The average molecular weight is 317 g/mol. The fraction of sp³-hybridized carbons (Fsp3) is 0.273. The van der Waals surface area contributed by atoms with Crippen molar-refractivity contribution in [3.8, 4) is 0 Å². The number of hydrogen-bond acceptors (Lipinski definition) is 4. The van der Waals surface area contributed by atoms with Crippen LogP contribution in [0.5, 0.6) is 0 Å². The first-order chi connectivity index (χ1) is 9.28. The van der Waals surface area contributed by atoms with Gasteiger partial charge in [0.15, 0.2) is 4.77 Å². The van der Waals surface area contributed by atoms with E-state index in [-0.39, 0.29) is 23.2 Å². The number of fused-ring (bicyclic) bond motifs is 1. The van der Waals surface area contributed by atoms with Crippen molar-refractivity contribution in [2.75, 3.05) is 12.8 Å². The van der Waals surface area contributed by atoms with E-state index in [9.17, 15) is 17.6 Å². The molecular weight excluding hydrogens is 305 g/mol. The van der Waals surface area contributed by atoms with Gasteiger partial charge in [-0.25, -0.2) is 17.5 Å². The highest BCUT2D eigenvalue weighted by Gasteiger charge is 2.07. The molecule has 9 heteroatoms. The summed E-state index contributed by atoms with van der Waals surface area (Å²) in [6, 6.07) is 3.77. The molecule has 108 valence electrons. The molecule has 0 saturated heterocycles. The van der Waals surface area contributed by atoms with E-state index in [1.807, 2.05) is 0 Å². The summed E-state index contributed by atoms with van der Waals surface area (Å²) in [5.41, 5.74) is -0.0210. The lowest BCUT2D eigenvalue weighted by Gasteiger charge is -2.08. The zero-order valence-corrected chi connectivity index (χ0v) is 12.1. The van der Waals surface area contributed by atoms with Gasteiger partial charge in [-0.15, -0.1) is 0 Å². The molecule has 0 radical (unpaired) electrons. The largest absolute Gasteiger partial charge is 0.332 e. The Bertz CT molecular complexity index is 871. The predicted octanol–water partition coefficient (Wildman–Crippen LogP) is 0.747. The van der Waals surface area contributed by atoms with Gasteiger partial charge in [-0.3, -0.25) is 9.36 Å². The van der Waals surface area contributed by atoms with Crippen LogP contribution < -0.4 is 10.3 Å². The summed E-state index contributed by atoms with van der Waals surface area (Å²) < 4.78 is 38.7. The van der Waals surface area contributed by atoms with Crippen LogP contribution in [0.15, 0.2) is 23.0 Å². The summed E-state index contributed by atoms with van der Waals surface area (Å²) in [5.74, 6) is -0.527. The lowest BCUT2D eigenvalue weighted by atomic mass is 10.2. The van der Waals surface area contributed by atoms with E-state index in [1.54, 1.807) is 0 Å². The number of aromatic nitrogens is 2. The van der Waals surface area contributed by atoms with Crippen molar-refractivity contribution in [2.45, 2.75) is 6.54 Å². The highest BCUT2D eigenvalue weighted by atomic mass is 32.2. The van der Waals surface area contributed by atoms with Crippen LogP contribution >= 0.6 is 12.2 Å². The van der Waals surface area contributed by atoms with E-state index in [0.29, 0.717) is 5.52 Å². The minimum absolute atomic E-state index is 0.0248. The van der Waals surface area contributed by atoms with Crippen LogP contribution in [0, 0.1) is 10.6 Å². The monoisotopic (exact) mass is 317 g/mol. The predicted molar refractivity (Wildman–Crippen MR) is 76.2 cm³/mol. The molecule has 0 aliphatic rings. The molecule has 0 amide bonds. The molecule has 20 heavy (non-hydrogen) atoms. The summed E-state index contributed by atoms with van der Waals surface area (Å²) in [4.78, 5) is 15.0. The van der Waals surface area contributed by atoms with Crippen molar-refractivity contribution in [1.82, 2.24) is 14.3 Å². The topological polar surface area (TPSA) is 84.0 Å². The molecule has 0 bridgehead atoms. The van der Waals surface area contributed by atoms with Crippen LogP contribution in [0.3, 0.4) is 0 Å². The van der Waals surface area contributed by atoms with Gasteiger partial charge in [0.05, 0.1) is 17.2 Å². The molecule has 1 heterocycles. The van der Waals surface area contributed by atoms with Gasteiger partial charge in [-0.2, -0.15) is 0 Å². The first-order valence-electron chi connectivity index (χ1n) is 5.65. The van der Waals surface area contributed by atoms with E-state index in [4.69, 9.17) is 12.2 Å². The van der Waals surface area contributed by atoms with Gasteiger partial charge >= 0.3 is 0 Å². The first kappa shape index (κ1) is 14.8. The number of nitrogens with zero attached hydrogens (tertiary/aromatic N) is 1. The van der Waals surface area contributed by atoms with Gasteiger partial charge < -0.3 is 4.98 Å². The van der Waals surface area contributed by atoms with Crippen LogP contribution in [0.4, 0.5) is 4.39 Å². The number of H-pyrrole nitrogens is 1. The summed E-state index contributed by atoms with van der Waals surface area (Å²) in [7, 11) is -3.34. The van der Waals surface area contributed by atoms with Crippen molar-refractivity contribution in [1.29, 1.82) is 0 Å². The molecule has 0 fully saturated rings. The molecule has 2 rings (SSSR count). The van der Waals surface area contributed by atoms with E-state index in [1.165, 1.54) is 16.7 Å². The average Bonchev–Trinajstić information content (AvgIpc) is 2.33. The van der Waals surface area contributed by atoms with Crippen molar-refractivity contribution < 1.29 is 12.8 Å². The molecule has 2 aromatic rings. The van der Waals surface area contributed by atoms with Crippen LogP contribution in [-0.4, -0.2) is 30.8 Å². The molecule has 6 nitrogen and oxygen atoms in total. The first-order valence-corrected chi connectivity index (χ1v) is 7.95. The molecule has 0 spiro atoms. The Morgan fingerprint density at radius 3 is 2.80 bits per heavy atom.